The maximum Gasteiger partial charge on any atom is 0.339 e. The molecule has 0 unspecified atom stereocenters. The van der Waals surface area contributed by atoms with Crippen LogP contribution in [-0.2, 0) is 4.74 Å². The number of methoxy groups -OCH3 is 1. The summed E-state index contributed by atoms with van der Waals surface area (Å²) in [5, 5.41) is 3.17. The van der Waals surface area contributed by atoms with Crippen LogP contribution < -0.4 is 10.1 Å². The highest BCUT2D eigenvalue weighted by Crippen LogP contribution is 2.21. The van der Waals surface area contributed by atoms with Gasteiger partial charge in [0.25, 0.3) is 0 Å². The Kier molecular flexibility index (Phi) is 4.55. The maximum atomic E-state index is 11.6. The lowest BCUT2D eigenvalue weighted by atomic mass is 10.2. The van der Waals surface area contributed by atoms with E-state index in [-0.39, 0.29) is 5.97 Å². The van der Waals surface area contributed by atoms with Crippen molar-refractivity contribution in [1.29, 1.82) is 0 Å². The molecule has 5 heteroatoms. The van der Waals surface area contributed by atoms with Gasteiger partial charge in [0.15, 0.2) is 0 Å². The zero-order valence-corrected chi connectivity index (χ0v) is 11.4. The minimum atomic E-state index is -0.380. The van der Waals surface area contributed by atoms with Gasteiger partial charge < -0.3 is 14.8 Å². The minimum absolute atomic E-state index is 0.340. The highest BCUT2D eigenvalue weighted by atomic mass is 16.5. The van der Waals surface area contributed by atoms with Gasteiger partial charge >= 0.3 is 5.97 Å². The molecule has 0 fully saturated rings. The van der Waals surface area contributed by atoms with Crippen LogP contribution in [0.4, 0.5) is 11.4 Å². The van der Waals surface area contributed by atoms with E-state index in [9.17, 15) is 4.79 Å². The normalized spacial score (nSPS) is 9.90. The van der Waals surface area contributed by atoms with Crippen LogP contribution in [0.2, 0.25) is 0 Å². The third-order valence-electron chi connectivity index (χ3n) is 2.61. The fourth-order valence-electron chi connectivity index (χ4n) is 1.70. The van der Waals surface area contributed by atoms with E-state index in [4.69, 9.17) is 9.47 Å². The van der Waals surface area contributed by atoms with E-state index >= 15 is 0 Å². The lowest BCUT2D eigenvalue weighted by molar-refractivity contribution is 0.0526. The van der Waals surface area contributed by atoms with E-state index in [0.717, 1.165) is 11.4 Å². The second-order valence-corrected chi connectivity index (χ2v) is 4.04. The molecule has 0 atom stereocenters. The molecule has 1 aromatic carbocycles. The molecule has 20 heavy (non-hydrogen) atoms. The molecule has 1 aromatic heterocycles. The lowest BCUT2D eigenvalue weighted by Gasteiger charge is -2.09. The smallest absolute Gasteiger partial charge is 0.339 e. The number of carbonyl (C=O) groups is 1. The minimum Gasteiger partial charge on any atom is -0.497 e. The monoisotopic (exact) mass is 272 g/mol. The Balaban J connectivity index is 2.16. The number of nitrogens with zero attached hydrogens (tertiary/aromatic N) is 1. The summed E-state index contributed by atoms with van der Waals surface area (Å²) in [5.74, 6) is 0.374. The third kappa shape index (κ3) is 3.47. The number of hydrogen-bond donors (Lipinski definition) is 1. The molecule has 0 amide bonds. The van der Waals surface area contributed by atoms with Crippen LogP contribution in [0.25, 0.3) is 0 Å². The molecule has 1 N–H and O–H groups in total. The first-order valence-electron chi connectivity index (χ1n) is 6.26. The summed E-state index contributed by atoms with van der Waals surface area (Å²) in [7, 11) is 1.61. The van der Waals surface area contributed by atoms with E-state index in [1.165, 1.54) is 6.20 Å². The predicted octanol–water partition coefficient (Wildman–Crippen LogP) is 3.01. The number of ether oxygens (including phenoxy) is 2. The highest BCUT2D eigenvalue weighted by molar-refractivity contribution is 5.90. The summed E-state index contributed by atoms with van der Waals surface area (Å²) in [5.41, 5.74) is 1.98. The van der Waals surface area contributed by atoms with Crippen LogP contribution in [0.1, 0.15) is 17.3 Å². The molecule has 104 valence electrons. The van der Waals surface area contributed by atoms with Crippen molar-refractivity contribution in [1.82, 2.24) is 4.98 Å². The van der Waals surface area contributed by atoms with Crippen molar-refractivity contribution >= 4 is 17.3 Å². The van der Waals surface area contributed by atoms with E-state index < -0.39 is 0 Å². The predicted molar refractivity (Wildman–Crippen MR) is 76.5 cm³/mol. The Bertz CT molecular complexity index is 599. The van der Waals surface area contributed by atoms with Crippen LogP contribution >= 0.6 is 0 Å². The standard InChI is InChI=1S/C15H16N2O3/c1-3-20-15(18)11-7-13(10-16-9-11)17-12-5-4-6-14(8-12)19-2/h4-10,17H,3H2,1-2H3. The Labute approximate surface area is 117 Å². The second kappa shape index (κ2) is 6.56. The molecule has 1 heterocycles. The van der Waals surface area contributed by atoms with Crippen molar-refractivity contribution in [2.24, 2.45) is 0 Å². The van der Waals surface area contributed by atoms with E-state index in [1.54, 1.807) is 26.3 Å². The Hall–Kier alpha value is -2.56. The zero-order chi connectivity index (χ0) is 14.4. The number of carbonyl (C=O) groups excluding carboxylic acids is 1. The molecule has 0 bridgehead atoms. The van der Waals surface area contributed by atoms with Gasteiger partial charge in [0.2, 0.25) is 0 Å². The number of nitrogens with one attached hydrogen (secondary N) is 1. The summed E-state index contributed by atoms with van der Waals surface area (Å²) in [4.78, 5) is 15.7. The van der Waals surface area contributed by atoms with Gasteiger partial charge in [-0.15, -0.1) is 0 Å². The summed E-state index contributed by atoms with van der Waals surface area (Å²) in [6.45, 7) is 2.11. The van der Waals surface area contributed by atoms with Crippen LogP contribution in [0.3, 0.4) is 0 Å². The van der Waals surface area contributed by atoms with Crippen LogP contribution in [0.5, 0.6) is 5.75 Å². The first-order chi connectivity index (χ1) is 9.72. The van der Waals surface area contributed by atoms with Gasteiger partial charge in [-0.25, -0.2) is 4.79 Å². The Morgan fingerprint density at radius 2 is 2.10 bits per heavy atom. The van der Waals surface area contributed by atoms with Crippen molar-refractivity contribution in [2.45, 2.75) is 6.92 Å². The van der Waals surface area contributed by atoms with Crippen molar-refractivity contribution in [3.63, 3.8) is 0 Å². The van der Waals surface area contributed by atoms with E-state index in [0.29, 0.717) is 17.9 Å². The fourth-order valence-corrected chi connectivity index (χ4v) is 1.70. The van der Waals surface area contributed by atoms with Gasteiger partial charge in [-0.2, -0.15) is 0 Å². The molecule has 5 nitrogen and oxygen atoms in total. The molecule has 2 aromatic rings. The quantitative estimate of drug-likeness (QED) is 0.848. The number of hydrogen-bond acceptors (Lipinski definition) is 5. The SMILES string of the molecule is CCOC(=O)c1cncc(Nc2cccc(OC)c2)c1. The van der Waals surface area contributed by atoms with Gasteiger partial charge in [0.1, 0.15) is 5.75 Å². The lowest BCUT2D eigenvalue weighted by Crippen LogP contribution is -2.05. The first kappa shape index (κ1) is 13.9. The number of anilines is 2. The summed E-state index contributed by atoms with van der Waals surface area (Å²) in [6.07, 6.45) is 3.12. The molecule has 0 aliphatic rings. The molecule has 0 saturated carbocycles. The number of esters is 1. The van der Waals surface area contributed by atoms with Crippen molar-refractivity contribution in [2.75, 3.05) is 19.0 Å². The molecule has 0 saturated heterocycles. The number of aromatic nitrogens is 1. The molecule has 0 aliphatic heterocycles. The summed E-state index contributed by atoms with van der Waals surface area (Å²) >= 11 is 0. The Morgan fingerprint density at radius 3 is 2.85 bits per heavy atom. The zero-order valence-electron chi connectivity index (χ0n) is 11.4. The second-order valence-electron chi connectivity index (χ2n) is 4.04. The largest absolute Gasteiger partial charge is 0.497 e. The molecule has 2 rings (SSSR count). The van der Waals surface area contributed by atoms with E-state index in [1.807, 2.05) is 24.3 Å². The highest BCUT2D eigenvalue weighted by Gasteiger charge is 2.07. The van der Waals surface area contributed by atoms with E-state index in [2.05, 4.69) is 10.3 Å². The van der Waals surface area contributed by atoms with Crippen LogP contribution in [-0.4, -0.2) is 24.7 Å². The molecule has 0 radical (unpaired) electrons. The summed E-state index contributed by atoms with van der Waals surface area (Å²) < 4.78 is 10.1. The van der Waals surface area contributed by atoms with Crippen molar-refractivity contribution in [3.8, 4) is 5.75 Å². The van der Waals surface area contributed by atoms with Crippen LogP contribution in [0, 0.1) is 0 Å². The fraction of sp³-hybridized carbons (Fsp3) is 0.200. The topological polar surface area (TPSA) is 60.5 Å². The summed E-state index contributed by atoms with van der Waals surface area (Å²) in [6, 6.07) is 9.20. The Morgan fingerprint density at radius 1 is 1.25 bits per heavy atom. The number of rotatable bonds is 5. The molecule has 0 spiro atoms. The third-order valence-corrected chi connectivity index (χ3v) is 2.61. The van der Waals surface area contributed by atoms with Gasteiger partial charge in [0, 0.05) is 18.0 Å². The van der Waals surface area contributed by atoms with Gasteiger partial charge in [-0.3, -0.25) is 4.98 Å². The first-order valence-corrected chi connectivity index (χ1v) is 6.26. The number of benzene rings is 1. The number of pyridine rings is 1. The molecular weight excluding hydrogens is 256 g/mol. The van der Waals surface area contributed by atoms with Gasteiger partial charge in [-0.05, 0) is 25.1 Å². The molecule has 0 aliphatic carbocycles. The average molecular weight is 272 g/mol. The van der Waals surface area contributed by atoms with Gasteiger partial charge in [-0.1, -0.05) is 6.07 Å². The maximum absolute atomic E-state index is 11.6. The van der Waals surface area contributed by atoms with Crippen molar-refractivity contribution < 1.29 is 14.3 Å². The van der Waals surface area contributed by atoms with Gasteiger partial charge in [0.05, 0.1) is 31.2 Å². The van der Waals surface area contributed by atoms with Crippen LogP contribution in [0.15, 0.2) is 42.7 Å². The van der Waals surface area contributed by atoms with Crippen molar-refractivity contribution in [3.05, 3.63) is 48.3 Å². The molecular formula is C15H16N2O3. The average Bonchev–Trinajstić information content (AvgIpc) is 2.48.